The fraction of sp³-hybridized carbons (Fsp3) is 0.300. The SMILES string of the molecule is CC(C)n1c(=O)[nH]c2cccc(F)c21. The molecule has 0 fully saturated rings. The molecule has 2 aromatic rings. The number of H-pyrrole nitrogens is 1. The fourth-order valence-corrected chi connectivity index (χ4v) is 1.63. The molecule has 0 saturated heterocycles. The zero-order valence-electron chi connectivity index (χ0n) is 8.04. The number of benzene rings is 1. The molecule has 14 heavy (non-hydrogen) atoms. The molecule has 0 saturated carbocycles. The molecule has 1 heterocycles. The number of para-hydroxylation sites is 1. The Morgan fingerprint density at radius 1 is 1.43 bits per heavy atom. The largest absolute Gasteiger partial charge is 0.326 e. The number of hydrogen-bond acceptors (Lipinski definition) is 1. The van der Waals surface area contributed by atoms with E-state index in [2.05, 4.69) is 4.98 Å². The van der Waals surface area contributed by atoms with Gasteiger partial charge in [0.1, 0.15) is 11.3 Å². The van der Waals surface area contributed by atoms with Gasteiger partial charge in [0.05, 0.1) is 5.52 Å². The maximum absolute atomic E-state index is 13.4. The van der Waals surface area contributed by atoms with Crippen molar-refractivity contribution in [2.45, 2.75) is 19.9 Å². The minimum atomic E-state index is -0.366. The van der Waals surface area contributed by atoms with Crippen molar-refractivity contribution in [3.8, 4) is 0 Å². The van der Waals surface area contributed by atoms with Gasteiger partial charge in [0.2, 0.25) is 0 Å². The number of imidazole rings is 1. The highest BCUT2D eigenvalue weighted by Gasteiger charge is 2.12. The molecule has 0 aliphatic heterocycles. The van der Waals surface area contributed by atoms with Crippen molar-refractivity contribution in [3.05, 3.63) is 34.5 Å². The van der Waals surface area contributed by atoms with Crippen LogP contribution in [0.15, 0.2) is 23.0 Å². The summed E-state index contributed by atoms with van der Waals surface area (Å²) in [5.74, 6) is -0.366. The van der Waals surface area contributed by atoms with Crippen LogP contribution in [-0.2, 0) is 0 Å². The molecule has 1 aromatic heterocycles. The minimum absolute atomic E-state index is 0.0480. The van der Waals surface area contributed by atoms with Gasteiger partial charge in [-0.1, -0.05) is 6.07 Å². The Hall–Kier alpha value is -1.58. The molecule has 0 amide bonds. The van der Waals surface area contributed by atoms with Crippen LogP contribution in [0.3, 0.4) is 0 Å². The minimum Gasteiger partial charge on any atom is -0.305 e. The van der Waals surface area contributed by atoms with Crippen molar-refractivity contribution < 1.29 is 4.39 Å². The van der Waals surface area contributed by atoms with Crippen LogP contribution < -0.4 is 5.69 Å². The van der Waals surface area contributed by atoms with Crippen LogP contribution in [0, 0.1) is 5.82 Å². The Bertz CT molecular complexity index is 524. The Kier molecular flexibility index (Phi) is 1.91. The van der Waals surface area contributed by atoms with Gasteiger partial charge in [-0.3, -0.25) is 4.57 Å². The molecule has 0 unspecified atom stereocenters. The van der Waals surface area contributed by atoms with Crippen molar-refractivity contribution >= 4 is 11.0 Å². The summed E-state index contributed by atoms with van der Waals surface area (Å²) in [6, 6.07) is 4.58. The molecule has 0 aliphatic carbocycles. The molecule has 2 rings (SSSR count). The number of nitrogens with one attached hydrogen (secondary N) is 1. The summed E-state index contributed by atoms with van der Waals surface area (Å²) in [5, 5.41) is 0. The van der Waals surface area contributed by atoms with Gasteiger partial charge in [0.25, 0.3) is 0 Å². The van der Waals surface area contributed by atoms with Crippen molar-refractivity contribution in [3.63, 3.8) is 0 Å². The van der Waals surface area contributed by atoms with Crippen LogP contribution in [0.5, 0.6) is 0 Å². The van der Waals surface area contributed by atoms with Gasteiger partial charge in [-0.15, -0.1) is 0 Å². The molecule has 1 N–H and O–H groups in total. The van der Waals surface area contributed by atoms with Crippen LogP contribution in [0.1, 0.15) is 19.9 Å². The lowest BCUT2D eigenvalue weighted by Crippen LogP contribution is -2.18. The second kappa shape index (κ2) is 2.97. The quantitative estimate of drug-likeness (QED) is 0.741. The molecule has 4 heteroatoms. The summed E-state index contributed by atoms with van der Waals surface area (Å²) in [7, 11) is 0. The van der Waals surface area contributed by atoms with E-state index in [-0.39, 0.29) is 17.5 Å². The zero-order chi connectivity index (χ0) is 10.3. The second-order valence-corrected chi connectivity index (χ2v) is 3.53. The summed E-state index contributed by atoms with van der Waals surface area (Å²) in [5.41, 5.74) is 0.635. The smallest absolute Gasteiger partial charge is 0.305 e. The van der Waals surface area contributed by atoms with Crippen LogP contribution in [0.2, 0.25) is 0 Å². The summed E-state index contributed by atoms with van der Waals surface area (Å²) in [4.78, 5) is 14.1. The van der Waals surface area contributed by atoms with E-state index in [9.17, 15) is 9.18 Å². The summed E-state index contributed by atoms with van der Waals surface area (Å²) >= 11 is 0. The maximum atomic E-state index is 13.4. The lowest BCUT2D eigenvalue weighted by atomic mass is 10.3. The normalized spacial score (nSPS) is 11.4. The van der Waals surface area contributed by atoms with E-state index in [1.165, 1.54) is 10.6 Å². The van der Waals surface area contributed by atoms with E-state index in [4.69, 9.17) is 0 Å². The zero-order valence-corrected chi connectivity index (χ0v) is 8.04. The number of hydrogen-bond donors (Lipinski definition) is 1. The third kappa shape index (κ3) is 1.14. The van der Waals surface area contributed by atoms with Crippen LogP contribution in [-0.4, -0.2) is 9.55 Å². The van der Waals surface area contributed by atoms with E-state index in [1.807, 2.05) is 13.8 Å². The monoisotopic (exact) mass is 194 g/mol. The molecule has 74 valence electrons. The summed E-state index contributed by atoms with van der Waals surface area (Å²) in [6.07, 6.45) is 0. The molecule has 3 nitrogen and oxygen atoms in total. The van der Waals surface area contributed by atoms with Crippen LogP contribution >= 0.6 is 0 Å². The average molecular weight is 194 g/mol. The van der Waals surface area contributed by atoms with Crippen molar-refractivity contribution in [2.75, 3.05) is 0 Å². The van der Waals surface area contributed by atoms with E-state index in [0.717, 1.165) is 0 Å². The molecular formula is C10H11FN2O. The highest BCUT2D eigenvalue weighted by Crippen LogP contribution is 2.17. The maximum Gasteiger partial charge on any atom is 0.326 e. The Labute approximate surface area is 80.2 Å². The van der Waals surface area contributed by atoms with Gasteiger partial charge in [-0.2, -0.15) is 0 Å². The highest BCUT2D eigenvalue weighted by atomic mass is 19.1. The van der Waals surface area contributed by atoms with E-state index >= 15 is 0 Å². The Balaban J connectivity index is 2.94. The molecule has 0 aliphatic rings. The standard InChI is InChI=1S/C10H11FN2O/c1-6(2)13-9-7(11)4-3-5-8(9)12-10(13)14/h3-6H,1-2H3,(H,12,14). The first-order valence-electron chi connectivity index (χ1n) is 4.50. The number of rotatable bonds is 1. The predicted molar refractivity (Wildman–Crippen MR) is 52.9 cm³/mol. The van der Waals surface area contributed by atoms with Crippen molar-refractivity contribution in [1.29, 1.82) is 0 Å². The first-order valence-corrected chi connectivity index (χ1v) is 4.50. The van der Waals surface area contributed by atoms with E-state index in [0.29, 0.717) is 11.0 Å². The van der Waals surface area contributed by atoms with E-state index < -0.39 is 0 Å². The number of fused-ring (bicyclic) bond motifs is 1. The fourth-order valence-electron chi connectivity index (χ4n) is 1.63. The Morgan fingerprint density at radius 3 is 2.79 bits per heavy atom. The summed E-state index contributed by atoms with van der Waals surface area (Å²) < 4.78 is 14.9. The molecule has 0 spiro atoms. The molecule has 0 bridgehead atoms. The van der Waals surface area contributed by atoms with Gasteiger partial charge in [-0.25, -0.2) is 9.18 Å². The number of nitrogens with zero attached hydrogens (tertiary/aromatic N) is 1. The predicted octanol–water partition coefficient (Wildman–Crippen LogP) is 2.05. The van der Waals surface area contributed by atoms with Crippen LogP contribution in [0.4, 0.5) is 4.39 Å². The summed E-state index contributed by atoms with van der Waals surface area (Å²) in [6.45, 7) is 3.70. The topological polar surface area (TPSA) is 37.8 Å². The average Bonchev–Trinajstić information content (AvgIpc) is 2.42. The van der Waals surface area contributed by atoms with Gasteiger partial charge < -0.3 is 4.98 Å². The number of halogens is 1. The van der Waals surface area contributed by atoms with E-state index in [1.54, 1.807) is 12.1 Å². The molecule has 1 aromatic carbocycles. The molecule has 0 atom stereocenters. The number of aromatic amines is 1. The lowest BCUT2D eigenvalue weighted by molar-refractivity contribution is 0.573. The molecule has 0 radical (unpaired) electrons. The van der Waals surface area contributed by atoms with Crippen LogP contribution in [0.25, 0.3) is 11.0 Å². The number of aromatic nitrogens is 2. The first-order chi connectivity index (χ1) is 6.61. The highest BCUT2D eigenvalue weighted by molar-refractivity contribution is 5.75. The van der Waals surface area contributed by atoms with Crippen molar-refractivity contribution in [2.24, 2.45) is 0 Å². The third-order valence-corrected chi connectivity index (χ3v) is 2.20. The van der Waals surface area contributed by atoms with Gasteiger partial charge in [-0.05, 0) is 26.0 Å². The van der Waals surface area contributed by atoms with Gasteiger partial charge in [0.15, 0.2) is 0 Å². The molecular weight excluding hydrogens is 183 g/mol. The van der Waals surface area contributed by atoms with Crippen molar-refractivity contribution in [1.82, 2.24) is 9.55 Å². The van der Waals surface area contributed by atoms with Gasteiger partial charge >= 0.3 is 5.69 Å². The third-order valence-electron chi connectivity index (χ3n) is 2.20. The Morgan fingerprint density at radius 2 is 2.14 bits per heavy atom. The lowest BCUT2D eigenvalue weighted by Gasteiger charge is -2.06. The first kappa shape index (κ1) is 8.99. The second-order valence-electron chi connectivity index (χ2n) is 3.53. The van der Waals surface area contributed by atoms with Gasteiger partial charge in [0, 0.05) is 6.04 Å².